The van der Waals surface area contributed by atoms with Crippen molar-refractivity contribution < 1.29 is 0 Å². The van der Waals surface area contributed by atoms with Crippen molar-refractivity contribution in [2.75, 3.05) is 0 Å². The summed E-state index contributed by atoms with van der Waals surface area (Å²) in [7, 11) is 0. The van der Waals surface area contributed by atoms with Gasteiger partial charge in [-0.3, -0.25) is 4.68 Å². The molecule has 2 rings (SSSR count). The first-order valence-electron chi connectivity index (χ1n) is 5.74. The summed E-state index contributed by atoms with van der Waals surface area (Å²) < 4.78 is 2.79. The van der Waals surface area contributed by atoms with E-state index in [1.54, 1.807) is 6.20 Å². The van der Waals surface area contributed by atoms with E-state index >= 15 is 0 Å². The number of aromatic nitrogens is 2. The van der Waals surface area contributed by atoms with E-state index in [9.17, 15) is 0 Å². The minimum Gasteiger partial charge on any atom is -0.319 e. The zero-order valence-corrected chi connectivity index (χ0v) is 12.6. The van der Waals surface area contributed by atoms with Crippen LogP contribution < -0.4 is 5.73 Å². The Kier molecular flexibility index (Phi) is 4.10. The fourth-order valence-corrected chi connectivity index (χ4v) is 2.39. The van der Waals surface area contributed by atoms with E-state index in [0.717, 1.165) is 15.7 Å². The Hall–Kier alpha value is -0.840. The summed E-state index contributed by atoms with van der Waals surface area (Å²) in [6.45, 7) is 4.17. The molecule has 0 spiro atoms. The molecule has 0 bridgehead atoms. The number of hydrogen-bond donors (Lipinski definition) is 1. The van der Waals surface area contributed by atoms with Crippen molar-refractivity contribution >= 4 is 27.5 Å². The Labute approximate surface area is 120 Å². The first-order valence-corrected chi connectivity index (χ1v) is 6.91. The third-order valence-corrected chi connectivity index (χ3v) is 4.03. The fraction of sp³-hybridized carbons (Fsp3) is 0.308. The maximum absolute atomic E-state index is 6.29. The van der Waals surface area contributed by atoms with E-state index in [0.29, 0.717) is 5.02 Å². The Morgan fingerprint density at radius 1 is 1.33 bits per heavy atom. The Bertz CT molecular complexity index is 551. The molecule has 2 N–H and O–H groups in total. The van der Waals surface area contributed by atoms with Gasteiger partial charge in [-0.25, -0.2) is 0 Å². The summed E-state index contributed by atoms with van der Waals surface area (Å²) in [4.78, 5) is 0. The van der Waals surface area contributed by atoms with E-state index in [1.165, 1.54) is 0 Å². The number of halogens is 2. The van der Waals surface area contributed by atoms with Crippen LogP contribution in [0.1, 0.15) is 37.2 Å². The van der Waals surface area contributed by atoms with Crippen LogP contribution in [0.15, 0.2) is 34.9 Å². The van der Waals surface area contributed by atoms with Crippen molar-refractivity contribution in [3.63, 3.8) is 0 Å². The largest absolute Gasteiger partial charge is 0.319 e. The predicted molar refractivity (Wildman–Crippen MR) is 77.8 cm³/mol. The molecule has 0 aliphatic heterocycles. The molecule has 96 valence electrons. The second-order valence-corrected chi connectivity index (χ2v) is 5.71. The quantitative estimate of drug-likeness (QED) is 0.928. The highest BCUT2D eigenvalue weighted by atomic mass is 79.9. The van der Waals surface area contributed by atoms with Gasteiger partial charge in [-0.05, 0) is 53.5 Å². The molecule has 0 aliphatic carbocycles. The Morgan fingerprint density at radius 3 is 2.67 bits per heavy atom. The van der Waals surface area contributed by atoms with Crippen molar-refractivity contribution in [1.29, 1.82) is 0 Å². The van der Waals surface area contributed by atoms with Gasteiger partial charge in [0.1, 0.15) is 0 Å². The summed E-state index contributed by atoms with van der Waals surface area (Å²) >= 11 is 9.40. The zero-order chi connectivity index (χ0) is 13.3. The first kappa shape index (κ1) is 13.6. The highest BCUT2D eigenvalue weighted by molar-refractivity contribution is 9.10. The first-order chi connectivity index (χ1) is 8.50. The second-order valence-electron chi connectivity index (χ2n) is 4.45. The molecule has 0 saturated heterocycles. The Balaban J connectivity index is 2.38. The molecular formula is C13H15BrClN3. The standard InChI is InChI=1S/C13H15BrClN3/c1-8(2)18-12(5-6-17-18)13(16)9-3-4-11(15)10(14)7-9/h3-8,13H,16H2,1-2H3. The summed E-state index contributed by atoms with van der Waals surface area (Å²) in [5, 5.41) is 4.98. The van der Waals surface area contributed by atoms with Gasteiger partial charge in [0.05, 0.1) is 16.8 Å². The average molecular weight is 329 g/mol. The molecule has 0 aliphatic rings. The molecule has 5 heteroatoms. The number of nitrogens with two attached hydrogens (primary N) is 1. The minimum absolute atomic E-state index is 0.205. The van der Waals surface area contributed by atoms with Gasteiger partial charge in [0.25, 0.3) is 0 Å². The number of rotatable bonds is 3. The second kappa shape index (κ2) is 5.43. The van der Waals surface area contributed by atoms with Gasteiger partial charge in [0, 0.05) is 16.7 Å². The van der Waals surface area contributed by atoms with Crippen LogP contribution in [0.4, 0.5) is 0 Å². The highest BCUT2D eigenvalue weighted by Gasteiger charge is 2.16. The van der Waals surface area contributed by atoms with Gasteiger partial charge in [0.15, 0.2) is 0 Å². The van der Waals surface area contributed by atoms with Crippen molar-refractivity contribution in [1.82, 2.24) is 9.78 Å². The topological polar surface area (TPSA) is 43.8 Å². The minimum atomic E-state index is -0.205. The Morgan fingerprint density at radius 2 is 2.06 bits per heavy atom. The molecule has 1 unspecified atom stereocenters. The van der Waals surface area contributed by atoms with E-state index in [2.05, 4.69) is 34.9 Å². The molecule has 18 heavy (non-hydrogen) atoms. The van der Waals surface area contributed by atoms with Gasteiger partial charge in [0.2, 0.25) is 0 Å². The van der Waals surface area contributed by atoms with Crippen molar-refractivity contribution in [3.05, 3.63) is 51.2 Å². The maximum Gasteiger partial charge on any atom is 0.0723 e. The van der Waals surface area contributed by atoms with Crippen molar-refractivity contribution in [2.45, 2.75) is 25.9 Å². The molecule has 1 heterocycles. The van der Waals surface area contributed by atoms with E-state index in [4.69, 9.17) is 17.3 Å². The summed E-state index contributed by atoms with van der Waals surface area (Å²) in [6, 6.07) is 7.77. The molecule has 0 radical (unpaired) electrons. The van der Waals surface area contributed by atoms with Gasteiger partial charge < -0.3 is 5.73 Å². The number of nitrogens with zero attached hydrogens (tertiary/aromatic N) is 2. The van der Waals surface area contributed by atoms with Gasteiger partial charge in [-0.1, -0.05) is 17.7 Å². The third-order valence-electron chi connectivity index (χ3n) is 2.81. The molecular weight excluding hydrogens is 314 g/mol. The van der Waals surface area contributed by atoms with E-state index < -0.39 is 0 Å². The van der Waals surface area contributed by atoms with E-state index in [1.807, 2.05) is 28.9 Å². The SMILES string of the molecule is CC(C)n1nccc1C(N)c1ccc(Cl)c(Br)c1. The lowest BCUT2D eigenvalue weighted by Gasteiger charge is -2.17. The smallest absolute Gasteiger partial charge is 0.0723 e. The van der Waals surface area contributed by atoms with Gasteiger partial charge in [-0.2, -0.15) is 5.10 Å². The lowest BCUT2D eigenvalue weighted by atomic mass is 10.0. The summed E-state index contributed by atoms with van der Waals surface area (Å²) in [5.41, 5.74) is 8.30. The van der Waals surface area contributed by atoms with Crippen LogP contribution in [0.25, 0.3) is 0 Å². The lowest BCUT2D eigenvalue weighted by molar-refractivity contribution is 0.499. The summed E-state index contributed by atoms with van der Waals surface area (Å²) in [6.07, 6.45) is 1.78. The lowest BCUT2D eigenvalue weighted by Crippen LogP contribution is -2.18. The maximum atomic E-state index is 6.29. The fourth-order valence-electron chi connectivity index (χ4n) is 1.88. The van der Waals surface area contributed by atoms with Crippen molar-refractivity contribution in [3.8, 4) is 0 Å². The van der Waals surface area contributed by atoms with Crippen LogP contribution in [0.2, 0.25) is 5.02 Å². The van der Waals surface area contributed by atoms with Crippen LogP contribution in [0.3, 0.4) is 0 Å². The van der Waals surface area contributed by atoms with Crippen LogP contribution in [0, 0.1) is 0 Å². The molecule has 2 aromatic rings. The van der Waals surface area contributed by atoms with E-state index in [-0.39, 0.29) is 12.1 Å². The molecule has 3 nitrogen and oxygen atoms in total. The third kappa shape index (κ3) is 2.60. The number of hydrogen-bond acceptors (Lipinski definition) is 2. The summed E-state index contributed by atoms with van der Waals surface area (Å²) in [5.74, 6) is 0. The van der Waals surface area contributed by atoms with Gasteiger partial charge in [-0.15, -0.1) is 0 Å². The monoisotopic (exact) mass is 327 g/mol. The molecule has 1 atom stereocenters. The zero-order valence-electron chi connectivity index (χ0n) is 10.3. The molecule has 0 amide bonds. The van der Waals surface area contributed by atoms with Crippen LogP contribution in [-0.4, -0.2) is 9.78 Å². The predicted octanol–water partition coefficient (Wildman–Crippen LogP) is 3.93. The molecule has 0 fully saturated rings. The highest BCUT2D eigenvalue weighted by Crippen LogP contribution is 2.28. The molecule has 0 saturated carbocycles. The van der Waals surface area contributed by atoms with Crippen LogP contribution >= 0.6 is 27.5 Å². The van der Waals surface area contributed by atoms with Crippen molar-refractivity contribution in [2.24, 2.45) is 5.73 Å². The normalized spacial score (nSPS) is 13.0. The molecule has 1 aromatic heterocycles. The molecule has 1 aromatic carbocycles. The van der Waals surface area contributed by atoms with Crippen LogP contribution in [-0.2, 0) is 0 Å². The average Bonchev–Trinajstić information content (AvgIpc) is 2.81. The van der Waals surface area contributed by atoms with Gasteiger partial charge >= 0.3 is 0 Å². The number of benzene rings is 1. The van der Waals surface area contributed by atoms with Crippen LogP contribution in [0.5, 0.6) is 0 Å².